The predicted octanol–water partition coefficient (Wildman–Crippen LogP) is 2.46. The maximum absolute atomic E-state index is 12.5. The van der Waals surface area contributed by atoms with Crippen LogP contribution in [-0.2, 0) is 11.3 Å². The lowest BCUT2D eigenvalue weighted by Gasteiger charge is -2.31. The maximum Gasteiger partial charge on any atom is 0.257 e. The van der Waals surface area contributed by atoms with Crippen molar-refractivity contribution in [1.29, 1.82) is 0 Å². The first-order chi connectivity index (χ1) is 12.2. The molecule has 1 fully saturated rings. The summed E-state index contributed by atoms with van der Waals surface area (Å²) in [6.45, 7) is 1.58. The van der Waals surface area contributed by atoms with Crippen LogP contribution >= 0.6 is 0 Å². The summed E-state index contributed by atoms with van der Waals surface area (Å²) in [6.07, 6.45) is 4.54. The smallest absolute Gasteiger partial charge is 0.257 e. The monoisotopic (exact) mass is 342 g/mol. The van der Waals surface area contributed by atoms with Crippen molar-refractivity contribution in [2.75, 3.05) is 20.2 Å². The normalized spacial score (nSPS) is 17.2. The molecule has 1 aromatic carbocycles. The molecule has 132 valence electrons. The number of nitrogens with one attached hydrogen (secondary N) is 1. The first kappa shape index (κ1) is 17.1. The Morgan fingerprint density at radius 1 is 1.28 bits per heavy atom. The molecule has 0 aliphatic carbocycles. The molecular formula is C19H22N2O4. The molecule has 1 aromatic heterocycles. The maximum atomic E-state index is 12.5. The van der Waals surface area contributed by atoms with Gasteiger partial charge in [-0.15, -0.1) is 0 Å². The fraction of sp³-hybridized carbons (Fsp3) is 0.368. The van der Waals surface area contributed by atoms with Crippen LogP contribution in [0.15, 0.2) is 47.3 Å². The van der Waals surface area contributed by atoms with E-state index in [4.69, 9.17) is 9.15 Å². The average Bonchev–Trinajstić information content (AvgIpc) is 3.20. The largest absolute Gasteiger partial charge is 0.497 e. The molecule has 6 heteroatoms. The lowest BCUT2D eigenvalue weighted by atomic mass is 9.96. The predicted molar refractivity (Wildman–Crippen MR) is 92.2 cm³/mol. The van der Waals surface area contributed by atoms with E-state index in [1.807, 2.05) is 24.3 Å². The highest BCUT2D eigenvalue weighted by Gasteiger charge is 2.29. The van der Waals surface area contributed by atoms with E-state index in [1.165, 1.54) is 12.5 Å². The SMILES string of the molecule is COc1ccc(CNC(=O)C2CCCN(C(=O)c3ccoc3)C2)cc1. The Bertz CT molecular complexity index is 710. The van der Waals surface area contributed by atoms with Crippen LogP contribution in [0.2, 0.25) is 0 Å². The molecule has 2 heterocycles. The van der Waals surface area contributed by atoms with E-state index in [9.17, 15) is 9.59 Å². The molecule has 0 radical (unpaired) electrons. The van der Waals surface area contributed by atoms with Crippen molar-refractivity contribution in [3.63, 3.8) is 0 Å². The summed E-state index contributed by atoms with van der Waals surface area (Å²) in [5.41, 5.74) is 1.54. The minimum Gasteiger partial charge on any atom is -0.497 e. The Hall–Kier alpha value is -2.76. The Labute approximate surface area is 146 Å². The number of carbonyl (C=O) groups is 2. The van der Waals surface area contributed by atoms with Gasteiger partial charge in [0.05, 0.1) is 24.9 Å². The third-order valence-corrected chi connectivity index (χ3v) is 4.47. The zero-order valence-electron chi connectivity index (χ0n) is 14.2. The van der Waals surface area contributed by atoms with Gasteiger partial charge in [0.15, 0.2) is 0 Å². The zero-order valence-corrected chi connectivity index (χ0v) is 14.2. The second kappa shape index (κ2) is 7.88. The van der Waals surface area contributed by atoms with E-state index >= 15 is 0 Å². The van der Waals surface area contributed by atoms with Crippen molar-refractivity contribution in [2.24, 2.45) is 5.92 Å². The first-order valence-electron chi connectivity index (χ1n) is 8.39. The van der Waals surface area contributed by atoms with Crippen LogP contribution < -0.4 is 10.1 Å². The van der Waals surface area contributed by atoms with E-state index < -0.39 is 0 Å². The van der Waals surface area contributed by atoms with Gasteiger partial charge in [0.25, 0.3) is 5.91 Å². The second-order valence-corrected chi connectivity index (χ2v) is 6.17. The van der Waals surface area contributed by atoms with Crippen LogP contribution in [0.3, 0.4) is 0 Å². The first-order valence-corrected chi connectivity index (χ1v) is 8.39. The molecule has 1 aliphatic heterocycles. The fourth-order valence-electron chi connectivity index (χ4n) is 3.02. The molecule has 2 aromatic rings. The van der Waals surface area contributed by atoms with Crippen molar-refractivity contribution >= 4 is 11.8 Å². The lowest BCUT2D eigenvalue weighted by Crippen LogP contribution is -2.45. The van der Waals surface area contributed by atoms with Crippen molar-refractivity contribution in [3.05, 3.63) is 54.0 Å². The number of hydrogen-bond acceptors (Lipinski definition) is 4. The molecule has 3 rings (SSSR count). The van der Waals surface area contributed by atoms with Crippen LogP contribution in [0.25, 0.3) is 0 Å². The van der Waals surface area contributed by atoms with Gasteiger partial charge in [-0.2, -0.15) is 0 Å². The van der Waals surface area contributed by atoms with E-state index in [0.29, 0.717) is 25.2 Å². The molecule has 6 nitrogen and oxygen atoms in total. The Morgan fingerprint density at radius 3 is 2.76 bits per heavy atom. The highest BCUT2D eigenvalue weighted by atomic mass is 16.5. The molecule has 2 amide bonds. The average molecular weight is 342 g/mol. The second-order valence-electron chi connectivity index (χ2n) is 6.17. The number of likely N-dealkylation sites (tertiary alicyclic amines) is 1. The molecular weight excluding hydrogens is 320 g/mol. The summed E-state index contributed by atoms with van der Waals surface area (Å²) >= 11 is 0. The van der Waals surface area contributed by atoms with Gasteiger partial charge in [0, 0.05) is 19.6 Å². The minimum atomic E-state index is -0.178. The number of furan rings is 1. The molecule has 1 aliphatic rings. The standard InChI is InChI=1S/C19H22N2O4/c1-24-17-6-4-14(5-7-17)11-20-18(22)15-3-2-9-21(12-15)19(23)16-8-10-25-13-16/h4-8,10,13,15H,2-3,9,11-12H2,1H3,(H,20,22). The number of ether oxygens (including phenoxy) is 1. The molecule has 0 spiro atoms. The molecule has 0 saturated carbocycles. The summed E-state index contributed by atoms with van der Waals surface area (Å²) in [7, 11) is 1.62. The number of benzene rings is 1. The van der Waals surface area contributed by atoms with Crippen LogP contribution in [0.1, 0.15) is 28.8 Å². The quantitative estimate of drug-likeness (QED) is 0.906. The van der Waals surface area contributed by atoms with Crippen molar-refractivity contribution in [2.45, 2.75) is 19.4 Å². The number of hydrogen-bond donors (Lipinski definition) is 1. The minimum absolute atomic E-state index is 0.0134. The van der Waals surface area contributed by atoms with Crippen LogP contribution in [0.5, 0.6) is 5.75 Å². The van der Waals surface area contributed by atoms with Crippen molar-refractivity contribution in [3.8, 4) is 5.75 Å². The van der Waals surface area contributed by atoms with Crippen LogP contribution in [0, 0.1) is 5.92 Å². The van der Waals surface area contributed by atoms with Gasteiger partial charge in [0.2, 0.25) is 5.91 Å². The lowest BCUT2D eigenvalue weighted by molar-refractivity contribution is -0.126. The van der Waals surface area contributed by atoms with Gasteiger partial charge in [-0.05, 0) is 36.6 Å². The molecule has 25 heavy (non-hydrogen) atoms. The third-order valence-electron chi connectivity index (χ3n) is 4.47. The Kier molecular flexibility index (Phi) is 5.38. The number of carbonyl (C=O) groups excluding carboxylic acids is 2. The zero-order chi connectivity index (χ0) is 17.6. The van der Waals surface area contributed by atoms with E-state index in [-0.39, 0.29) is 17.7 Å². The van der Waals surface area contributed by atoms with Crippen LogP contribution in [-0.4, -0.2) is 36.9 Å². The highest BCUT2D eigenvalue weighted by molar-refractivity contribution is 5.94. The van der Waals surface area contributed by atoms with E-state index in [1.54, 1.807) is 18.1 Å². The molecule has 1 unspecified atom stereocenters. The number of amides is 2. The summed E-state index contributed by atoms with van der Waals surface area (Å²) in [4.78, 5) is 26.6. The van der Waals surface area contributed by atoms with Gasteiger partial charge < -0.3 is 19.4 Å². The van der Waals surface area contributed by atoms with Gasteiger partial charge in [-0.1, -0.05) is 12.1 Å². The Morgan fingerprint density at radius 2 is 2.08 bits per heavy atom. The summed E-state index contributed by atoms with van der Waals surface area (Å²) in [6, 6.07) is 9.24. The number of rotatable bonds is 5. The third kappa shape index (κ3) is 4.21. The number of methoxy groups -OCH3 is 1. The van der Waals surface area contributed by atoms with Crippen molar-refractivity contribution < 1.29 is 18.7 Å². The van der Waals surface area contributed by atoms with E-state index in [2.05, 4.69) is 5.32 Å². The van der Waals surface area contributed by atoms with E-state index in [0.717, 1.165) is 24.2 Å². The molecule has 0 bridgehead atoms. The van der Waals surface area contributed by atoms with Gasteiger partial charge >= 0.3 is 0 Å². The molecule has 1 saturated heterocycles. The summed E-state index contributed by atoms with van der Waals surface area (Å²) in [5.74, 6) is 0.514. The topological polar surface area (TPSA) is 71.8 Å². The van der Waals surface area contributed by atoms with Gasteiger partial charge in [-0.25, -0.2) is 0 Å². The number of nitrogens with zero attached hydrogens (tertiary/aromatic N) is 1. The molecule has 1 atom stereocenters. The summed E-state index contributed by atoms with van der Waals surface area (Å²) in [5, 5.41) is 2.96. The fourth-order valence-corrected chi connectivity index (χ4v) is 3.02. The Balaban J connectivity index is 1.53. The van der Waals surface area contributed by atoms with Gasteiger partial charge in [0.1, 0.15) is 12.0 Å². The summed E-state index contributed by atoms with van der Waals surface area (Å²) < 4.78 is 10.1. The van der Waals surface area contributed by atoms with Gasteiger partial charge in [-0.3, -0.25) is 9.59 Å². The van der Waals surface area contributed by atoms with Crippen molar-refractivity contribution in [1.82, 2.24) is 10.2 Å². The highest BCUT2D eigenvalue weighted by Crippen LogP contribution is 2.19. The van der Waals surface area contributed by atoms with Crippen LogP contribution in [0.4, 0.5) is 0 Å². The number of piperidine rings is 1. The molecule has 1 N–H and O–H groups in total.